The molecule has 1 rings (SSSR count). The number of nitrogens with zero attached hydrogens (tertiary/aromatic N) is 2. The molecule has 7 heteroatoms. The van der Waals surface area contributed by atoms with E-state index < -0.39 is 6.10 Å². The number of aryl methyl sites for hydroxylation is 1. The summed E-state index contributed by atoms with van der Waals surface area (Å²) in [7, 11) is 0. The molecule has 0 aliphatic heterocycles. The number of aliphatic hydroxyl groups is 1. The summed E-state index contributed by atoms with van der Waals surface area (Å²) in [6.45, 7) is 3.95. The summed E-state index contributed by atoms with van der Waals surface area (Å²) in [6, 6.07) is 0. The highest BCUT2D eigenvalue weighted by molar-refractivity contribution is 8.01. The first kappa shape index (κ1) is 13.4. The Kier molecular flexibility index (Phi) is 5.72. The number of rotatable bonds is 6. The van der Waals surface area contributed by atoms with Gasteiger partial charge in [-0.1, -0.05) is 23.1 Å². The van der Waals surface area contributed by atoms with Crippen LogP contribution in [0.4, 0.5) is 0 Å². The molecule has 0 bridgehead atoms. The molecule has 0 radical (unpaired) electrons. The van der Waals surface area contributed by atoms with E-state index in [4.69, 9.17) is 4.74 Å². The van der Waals surface area contributed by atoms with Crippen LogP contribution in [0.15, 0.2) is 4.34 Å². The predicted octanol–water partition coefficient (Wildman–Crippen LogP) is 1.25. The summed E-state index contributed by atoms with van der Waals surface area (Å²) in [5, 5.41) is 18.2. The Morgan fingerprint density at radius 2 is 2.38 bits per heavy atom. The van der Waals surface area contributed by atoms with Gasteiger partial charge in [-0.3, -0.25) is 4.79 Å². The molecule has 0 aliphatic rings. The maximum Gasteiger partial charge on any atom is 0.308 e. The first-order valence-electron chi connectivity index (χ1n) is 4.88. The van der Waals surface area contributed by atoms with Crippen molar-refractivity contribution in [3.05, 3.63) is 5.01 Å². The minimum atomic E-state index is -0.701. The lowest BCUT2D eigenvalue weighted by Gasteiger charge is -2.07. The number of thioether (sulfide) groups is 1. The Hall–Kier alpha value is -0.660. The molecule has 0 aliphatic carbocycles. The standard InChI is InChI=1S/C9H14N2O3S2/c1-3-14-8(13)4-7(12)5-15-9-11-10-6(2)16-9/h7,12H,3-5H2,1-2H3. The highest BCUT2D eigenvalue weighted by Crippen LogP contribution is 2.22. The number of aromatic nitrogens is 2. The topological polar surface area (TPSA) is 72.3 Å². The summed E-state index contributed by atoms with van der Waals surface area (Å²) in [6.07, 6.45) is -0.674. The fourth-order valence-corrected chi connectivity index (χ4v) is 2.74. The third-order valence-corrected chi connectivity index (χ3v) is 3.73. The summed E-state index contributed by atoms with van der Waals surface area (Å²) in [4.78, 5) is 11.1. The Bertz CT molecular complexity index is 343. The molecule has 0 aromatic carbocycles. The molecule has 1 atom stereocenters. The highest BCUT2D eigenvalue weighted by Gasteiger charge is 2.13. The van der Waals surface area contributed by atoms with E-state index in [1.807, 2.05) is 6.92 Å². The molecule has 90 valence electrons. The van der Waals surface area contributed by atoms with E-state index in [1.54, 1.807) is 6.92 Å². The van der Waals surface area contributed by atoms with Gasteiger partial charge in [0.25, 0.3) is 0 Å². The van der Waals surface area contributed by atoms with Gasteiger partial charge >= 0.3 is 5.97 Å². The minimum absolute atomic E-state index is 0.0264. The lowest BCUT2D eigenvalue weighted by Crippen LogP contribution is -2.17. The van der Waals surface area contributed by atoms with Crippen molar-refractivity contribution in [2.75, 3.05) is 12.4 Å². The van der Waals surface area contributed by atoms with Gasteiger partial charge in [0.1, 0.15) is 5.01 Å². The molecular weight excluding hydrogens is 248 g/mol. The van der Waals surface area contributed by atoms with Crippen molar-refractivity contribution < 1.29 is 14.6 Å². The summed E-state index contributed by atoms with van der Waals surface area (Å²) >= 11 is 2.87. The van der Waals surface area contributed by atoms with E-state index in [0.717, 1.165) is 9.35 Å². The third-order valence-electron chi connectivity index (χ3n) is 1.61. The molecule has 1 N–H and O–H groups in total. The molecule has 5 nitrogen and oxygen atoms in total. The van der Waals surface area contributed by atoms with Gasteiger partial charge in [-0.15, -0.1) is 10.2 Å². The third kappa shape index (κ3) is 4.91. The molecule has 0 spiro atoms. The van der Waals surface area contributed by atoms with Crippen LogP contribution in [-0.4, -0.2) is 39.7 Å². The number of hydrogen-bond donors (Lipinski definition) is 1. The van der Waals surface area contributed by atoms with E-state index in [0.29, 0.717) is 12.4 Å². The van der Waals surface area contributed by atoms with Crippen LogP contribution in [0.1, 0.15) is 18.4 Å². The van der Waals surface area contributed by atoms with Crippen LogP contribution in [0.5, 0.6) is 0 Å². The highest BCUT2D eigenvalue weighted by atomic mass is 32.2. The van der Waals surface area contributed by atoms with Crippen molar-refractivity contribution in [2.45, 2.75) is 30.7 Å². The van der Waals surface area contributed by atoms with E-state index in [2.05, 4.69) is 10.2 Å². The number of aliphatic hydroxyl groups excluding tert-OH is 1. The first-order valence-corrected chi connectivity index (χ1v) is 6.68. The predicted molar refractivity (Wildman–Crippen MR) is 62.6 cm³/mol. The maximum atomic E-state index is 11.1. The molecule has 0 amide bonds. The monoisotopic (exact) mass is 262 g/mol. The van der Waals surface area contributed by atoms with Crippen LogP contribution in [0.25, 0.3) is 0 Å². The van der Waals surface area contributed by atoms with Gasteiger partial charge in [-0.05, 0) is 13.8 Å². The van der Waals surface area contributed by atoms with Crippen molar-refractivity contribution in [3.63, 3.8) is 0 Å². The van der Waals surface area contributed by atoms with Crippen LogP contribution < -0.4 is 0 Å². The molecule has 1 unspecified atom stereocenters. The van der Waals surface area contributed by atoms with Crippen LogP contribution in [0, 0.1) is 6.92 Å². The van der Waals surface area contributed by atoms with Crippen LogP contribution >= 0.6 is 23.1 Å². The van der Waals surface area contributed by atoms with Crippen molar-refractivity contribution >= 4 is 29.1 Å². The average Bonchev–Trinajstić information content (AvgIpc) is 2.61. The van der Waals surface area contributed by atoms with Crippen LogP contribution in [0.2, 0.25) is 0 Å². The second-order valence-electron chi connectivity index (χ2n) is 3.06. The second-order valence-corrected chi connectivity index (χ2v) is 5.51. The molecule has 1 aromatic heterocycles. The first-order chi connectivity index (χ1) is 7.61. The molecule has 0 saturated heterocycles. The number of ether oxygens (including phenoxy) is 1. The van der Waals surface area contributed by atoms with Gasteiger partial charge in [0.05, 0.1) is 19.1 Å². The normalized spacial score (nSPS) is 12.4. The van der Waals surface area contributed by atoms with Gasteiger partial charge in [-0.25, -0.2) is 0 Å². The number of carbonyl (C=O) groups excluding carboxylic acids is 1. The Morgan fingerprint density at radius 3 is 2.94 bits per heavy atom. The largest absolute Gasteiger partial charge is 0.466 e. The fourth-order valence-electron chi connectivity index (χ4n) is 0.975. The zero-order valence-electron chi connectivity index (χ0n) is 9.17. The maximum absolute atomic E-state index is 11.1. The Morgan fingerprint density at radius 1 is 1.62 bits per heavy atom. The van der Waals surface area contributed by atoms with Gasteiger partial charge in [0, 0.05) is 5.75 Å². The van der Waals surface area contributed by atoms with E-state index in [-0.39, 0.29) is 12.4 Å². The van der Waals surface area contributed by atoms with Crippen LogP contribution in [-0.2, 0) is 9.53 Å². The number of carbonyl (C=O) groups is 1. The molecule has 1 aromatic rings. The molecule has 1 heterocycles. The van der Waals surface area contributed by atoms with Crippen molar-refractivity contribution in [1.29, 1.82) is 0 Å². The summed E-state index contributed by atoms with van der Waals surface area (Å²) < 4.78 is 5.54. The summed E-state index contributed by atoms with van der Waals surface area (Å²) in [5.41, 5.74) is 0. The quantitative estimate of drug-likeness (QED) is 0.614. The second kappa shape index (κ2) is 6.82. The Labute approximate surface area is 102 Å². The fraction of sp³-hybridized carbons (Fsp3) is 0.667. The lowest BCUT2D eigenvalue weighted by atomic mass is 10.3. The number of esters is 1. The Balaban J connectivity index is 2.24. The minimum Gasteiger partial charge on any atom is -0.466 e. The molecule has 0 saturated carbocycles. The lowest BCUT2D eigenvalue weighted by molar-refractivity contribution is -0.144. The van der Waals surface area contributed by atoms with Gasteiger partial charge in [-0.2, -0.15) is 0 Å². The zero-order chi connectivity index (χ0) is 12.0. The van der Waals surface area contributed by atoms with Gasteiger partial charge < -0.3 is 9.84 Å². The van der Waals surface area contributed by atoms with Crippen molar-refractivity contribution in [3.8, 4) is 0 Å². The van der Waals surface area contributed by atoms with Crippen molar-refractivity contribution in [2.24, 2.45) is 0 Å². The average molecular weight is 262 g/mol. The molecular formula is C9H14N2O3S2. The van der Waals surface area contributed by atoms with Crippen LogP contribution in [0.3, 0.4) is 0 Å². The molecule has 16 heavy (non-hydrogen) atoms. The smallest absolute Gasteiger partial charge is 0.308 e. The SMILES string of the molecule is CCOC(=O)CC(O)CSc1nnc(C)s1. The van der Waals surface area contributed by atoms with Gasteiger partial charge in [0.2, 0.25) is 0 Å². The van der Waals surface area contributed by atoms with E-state index >= 15 is 0 Å². The molecule has 0 fully saturated rings. The van der Waals surface area contributed by atoms with E-state index in [1.165, 1.54) is 23.1 Å². The zero-order valence-corrected chi connectivity index (χ0v) is 10.8. The summed E-state index contributed by atoms with van der Waals surface area (Å²) in [5.74, 6) is 0.0528. The van der Waals surface area contributed by atoms with Crippen molar-refractivity contribution in [1.82, 2.24) is 10.2 Å². The van der Waals surface area contributed by atoms with E-state index in [9.17, 15) is 9.90 Å². The van der Waals surface area contributed by atoms with Gasteiger partial charge in [0.15, 0.2) is 4.34 Å². The number of hydrogen-bond acceptors (Lipinski definition) is 7.